The van der Waals surface area contributed by atoms with Gasteiger partial charge in [0.05, 0.1) is 6.54 Å². The van der Waals surface area contributed by atoms with E-state index in [2.05, 4.69) is 4.18 Å². The number of amides is 1. The van der Waals surface area contributed by atoms with Gasteiger partial charge in [-0.25, -0.2) is 4.79 Å². The summed E-state index contributed by atoms with van der Waals surface area (Å²) < 4.78 is 68.2. The van der Waals surface area contributed by atoms with Crippen LogP contribution in [0.25, 0.3) is 21.9 Å². The quantitative estimate of drug-likeness (QED) is 0.250. The molecule has 0 bridgehead atoms. The maximum absolute atomic E-state index is 13.7. The summed E-state index contributed by atoms with van der Waals surface area (Å²) in [4.78, 5) is 27.1. The van der Waals surface area contributed by atoms with Crippen molar-refractivity contribution in [2.45, 2.75) is 58.8 Å². The van der Waals surface area contributed by atoms with Gasteiger partial charge in [-0.05, 0) is 62.6 Å². The second-order valence-corrected chi connectivity index (χ2v) is 12.3. The molecule has 0 saturated carbocycles. The van der Waals surface area contributed by atoms with Crippen LogP contribution in [0.2, 0.25) is 5.02 Å². The van der Waals surface area contributed by atoms with Crippen LogP contribution in [0.4, 0.5) is 18.0 Å². The number of halogens is 4. The highest BCUT2D eigenvalue weighted by Gasteiger charge is 2.48. The minimum atomic E-state index is -5.98. The number of alkyl halides is 3. The molecule has 1 amide bonds. The number of rotatable bonds is 7. The Kier molecular flexibility index (Phi) is 8.33. The molecule has 0 unspecified atom stereocenters. The van der Waals surface area contributed by atoms with Crippen LogP contribution in [0.1, 0.15) is 40.3 Å². The Morgan fingerprint density at radius 1 is 1.08 bits per heavy atom. The zero-order chi connectivity index (χ0) is 29.5. The number of fused-ring (bicyclic) bond motifs is 1. The van der Waals surface area contributed by atoms with Gasteiger partial charge in [0.1, 0.15) is 5.75 Å². The average molecular weight is 589 g/mol. The van der Waals surface area contributed by atoms with Gasteiger partial charge < -0.3 is 13.9 Å². The Balaban J connectivity index is 2.48. The molecule has 212 valence electrons. The van der Waals surface area contributed by atoms with Gasteiger partial charge in [-0.3, -0.25) is 9.69 Å². The maximum Gasteiger partial charge on any atom is 0.534 e. The van der Waals surface area contributed by atoms with Crippen molar-refractivity contribution >= 4 is 38.6 Å². The minimum absolute atomic E-state index is 0.0376. The fourth-order valence-electron chi connectivity index (χ4n) is 4.10. The molecule has 0 spiro atoms. The van der Waals surface area contributed by atoms with E-state index in [0.29, 0.717) is 16.1 Å². The molecule has 0 fully saturated rings. The second kappa shape index (κ2) is 10.7. The molecule has 13 heteroatoms. The summed E-state index contributed by atoms with van der Waals surface area (Å²) in [6, 6.07) is 9.57. The van der Waals surface area contributed by atoms with Crippen LogP contribution in [-0.2, 0) is 23.2 Å². The molecule has 1 aromatic heterocycles. The minimum Gasteiger partial charge on any atom is -0.465 e. The number of hydrogen-bond acceptors (Lipinski definition) is 5. The van der Waals surface area contributed by atoms with Crippen LogP contribution in [0.15, 0.2) is 47.3 Å². The number of nitrogens with zero attached hydrogens (tertiary/aromatic N) is 2. The topological polar surface area (TPSA) is 106 Å². The number of hydrogen-bond donors (Lipinski definition) is 1. The van der Waals surface area contributed by atoms with E-state index in [-0.39, 0.29) is 35.5 Å². The van der Waals surface area contributed by atoms with Crippen molar-refractivity contribution < 1.29 is 35.7 Å². The summed E-state index contributed by atoms with van der Waals surface area (Å²) in [5.74, 6) is -0.697. The molecule has 0 saturated heterocycles. The van der Waals surface area contributed by atoms with Gasteiger partial charge in [0, 0.05) is 39.1 Å². The van der Waals surface area contributed by atoms with Gasteiger partial charge in [0.2, 0.25) is 0 Å². The Bertz CT molecular complexity index is 1560. The van der Waals surface area contributed by atoms with Crippen LogP contribution in [0.3, 0.4) is 0 Å². The Labute approximate surface area is 228 Å². The van der Waals surface area contributed by atoms with E-state index in [0.717, 1.165) is 17.0 Å². The summed E-state index contributed by atoms with van der Waals surface area (Å²) >= 11 is 6.07. The highest BCUT2D eigenvalue weighted by Crippen LogP contribution is 2.36. The first-order valence-electron chi connectivity index (χ1n) is 11.8. The number of pyridine rings is 1. The number of aromatic nitrogens is 1. The van der Waals surface area contributed by atoms with E-state index in [9.17, 15) is 36.3 Å². The lowest BCUT2D eigenvalue weighted by molar-refractivity contribution is -0.0500. The van der Waals surface area contributed by atoms with Crippen molar-refractivity contribution in [2.24, 2.45) is 5.92 Å². The molecule has 0 radical (unpaired) electrons. The molecule has 0 atom stereocenters. The van der Waals surface area contributed by atoms with E-state index in [1.54, 1.807) is 45.0 Å². The number of benzene rings is 2. The lowest BCUT2D eigenvalue weighted by atomic mass is 9.95. The molecular weight excluding hydrogens is 561 g/mol. The Morgan fingerprint density at radius 2 is 1.67 bits per heavy atom. The van der Waals surface area contributed by atoms with Crippen LogP contribution in [-0.4, -0.2) is 40.1 Å². The van der Waals surface area contributed by atoms with E-state index >= 15 is 0 Å². The molecule has 2 aromatic carbocycles. The van der Waals surface area contributed by atoms with E-state index in [1.165, 1.54) is 10.6 Å². The lowest BCUT2D eigenvalue weighted by Crippen LogP contribution is -2.45. The van der Waals surface area contributed by atoms with Crippen molar-refractivity contribution in [2.75, 3.05) is 0 Å². The van der Waals surface area contributed by atoms with E-state index in [4.69, 9.17) is 11.6 Å². The first-order chi connectivity index (χ1) is 17.8. The van der Waals surface area contributed by atoms with E-state index in [1.807, 2.05) is 13.8 Å². The summed E-state index contributed by atoms with van der Waals surface area (Å²) in [6.07, 6.45) is -1.25. The van der Waals surface area contributed by atoms with Gasteiger partial charge in [0.15, 0.2) is 0 Å². The second-order valence-electron chi connectivity index (χ2n) is 10.4. The number of carbonyl (C=O) groups is 1. The SMILES string of the molecule is CC(C)Cn1c(CN(C(=O)O)C(C)(C)C)c(-c2ccc(Cl)cc2)c2cc(OS(=O)(=O)C(F)(F)F)ccc2c1=O. The fraction of sp³-hybridized carbons (Fsp3) is 0.385. The van der Waals surface area contributed by atoms with Gasteiger partial charge >= 0.3 is 21.7 Å². The van der Waals surface area contributed by atoms with Crippen LogP contribution >= 0.6 is 11.6 Å². The van der Waals surface area contributed by atoms with Crippen LogP contribution in [0, 0.1) is 5.92 Å². The standard InChI is InChI=1S/C26H28ClF3N2O6S/c1-15(2)13-31-21(14-32(24(34)35)25(3,4)5)22(16-6-8-17(27)9-7-16)20-12-18(10-11-19(20)23(31)33)38-39(36,37)26(28,29)30/h6-12,15H,13-14H2,1-5H3,(H,34,35). The first-order valence-corrected chi connectivity index (χ1v) is 13.6. The molecule has 8 nitrogen and oxygen atoms in total. The summed E-state index contributed by atoms with van der Waals surface area (Å²) in [6.45, 7) is 8.76. The van der Waals surface area contributed by atoms with Gasteiger partial charge in [0.25, 0.3) is 5.56 Å². The largest absolute Gasteiger partial charge is 0.534 e. The molecule has 1 heterocycles. The van der Waals surface area contributed by atoms with Gasteiger partial charge in [-0.1, -0.05) is 37.6 Å². The predicted octanol–water partition coefficient (Wildman–Crippen LogP) is 6.48. The van der Waals surface area contributed by atoms with Crippen LogP contribution in [0.5, 0.6) is 5.75 Å². The highest BCUT2D eigenvalue weighted by atomic mass is 35.5. The normalized spacial score (nSPS) is 12.7. The lowest BCUT2D eigenvalue weighted by Gasteiger charge is -2.35. The maximum atomic E-state index is 13.7. The predicted molar refractivity (Wildman–Crippen MR) is 142 cm³/mol. The van der Waals surface area contributed by atoms with Crippen molar-refractivity contribution in [3.8, 4) is 16.9 Å². The Hall–Kier alpha value is -3.25. The summed E-state index contributed by atoms with van der Waals surface area (Å²) in [5, 5.41) is 10.6. The van der Waals surface area contributed by atoms with E-state index < -0.39 is 38.6 Å². The molecule has 3 rings (SSSR count). The third-order valence-electron chi connectivity index (χ3n) is 5.87. The van der Waals surface area contributed by atoms with Gasteiger partial charge in [-0.2, -0.15) is 21.6 Å². The van der Waals surface area contributed by atoms with Gasteiger partial charge in [-0.15, -0.1) is 0 Å². The smallest absolute Gasteiger partial charge is 0.465 e. The molecule has 0 aliphatic carbocycles. The monoisotopic (exact) mass is 588 g/mol. The zero-order valence-corrected chi connectivity index (χ0v) is 23.4. The van der Waals surface area contributed by atoms with Crippen LogP contribution < -0.4 is 9.74 Å². The molecule has 0 aliphatic rings. The summed E-state index contributed by atoms with van der Waals surface area (Å²) in [5.41, 5.74) is -5.99. The molecule has 3 aromatic rings. The summed E-state index contributed by atoms with van der Waals surface area (Å²) in [7, 11) is -5.98. The average Bonchev–Trinajstić information content (AvgIpc) is 2.78. The van der Waals surface area contributed by atoms with Crippen molar-refractivity contribution in [1.82, 2.24) is 9.47 Å². The number of carboxylic acid groups (broad SMARTS) is 1. The molecule has 0 aliphatic heterocycles. The van der Waals surface area contributed by atoms with Crippen molar-refractivity contribution in [1.29, 1.82) is 0 Å². The Morgan fingerprint density at radius 3 is 2.15 bits per heavy atom. The van der Waals surface area contributed by atoms with Crippen molar-refractivity contribution in [3.05, 3.63) is 63.5 Å². The molecule has 39 heavy (non-hydrogen) atoms. The molecular formula is C26H28ClF3N2O6S. The fourth-order valence-corrected chi connectivity index (χ4v) is 4.68. The van der Waals surface area contributed by atoms with Crippen molar-refractivity contribution in [3.63, 3.8) is 0 Å². The third-order valence-corrected chi connectivity index (χ3v) is 7.10. The highest BCUT2D eigenvalue weighted by molar-refractivity contribution is 7.88. The molecule has 1 N–H and O–H groups in total. The zero-order valence-electron chi connectivity index (χ0n) is 21.8. The first kappa shape index (κ1) is 30.3. The third kappa shape index (κ3) is 6.50.